The van der Waals surface area contributed by atoms with Crippen molar-refractivity contribution >= 4 is 16.3 Å². The molecule has 0 atom stereocenters. The van der Waals surface area contributed by atoms with E-state index in [1.807, 2.05) is 0 Å². The molecule has 0 aliphatic rings. The van der Waals surface area contributed by atoms with Crippen LogP contribution in [0.3, 0.4) is 0 Å². The quantitative estimate of drug-likeness (QED) is 0.287. The van der Waals surface area contributed by atoms with E-state index in [4.69, 9.17) is 4.55 Å². The summed E-state index contributed by atoms with van der Waals surface area (Å²) < 4.78 is 31.9. The first-order valence-electron chi connectivity index (χ1n) is 5.00. The van der Waals surface area contributed by atoms with E-state index in [0.717, 1.165) is 6.21 Å². The van der Waals surface area contributed by atoms with E-state index < -0.39 is 15.7 Å². The van der Waals surface area contributed by atoms with Gasteiger partial charge in [-0.3, -0.25) is 4.55 Å². The minimum Gasteiger partial charge on any atom is -0.623 e. The molecule has 1 rings (SSSR count). The molecule has 0 aliphatic heterocycles. The van der Waals surface area contributed by atoms with Gasteiger partial charge >= 0.3 is 0 Å². The molecule has 1 N–H and O–H groups in total. The van der Waals surface area contributed by atoms with Crippen molar-refractivity contribution < 1.29 is 17.7 Å². The largest absolute Gasteiger partial charge is 0.623 e. The van der Waals surface area contributed by atoms with Crippen LogP contribution in [0.4, 0.5) is 0 Å². The van der Waals surface area contributed by atoms with Crippen LogP contribution >= 0.6 is 0 Å². The summed E-state index contributed by atoms with van der Waals surface area (Å²) in [7, 11) is -4.32. The maximum Gasteiger partial charge on any atom is 0.295 e. The van der Waals surface area contributed by atoms with E-state index in [2.05, 4.69) is 0 Å². The van der Waals surface area contributed by atoms with E-state index >= 15 is 0 Å². The van der Waals surface area contributed by atoms with Crippen molar-refractivity contribution in [1.29, 1.82) is 0 Å². The second-order valence-corrected chi connectivity index (χ2v) is 6.03. The summed E-state index contributed by atoms with van der Waals surface area (Å²) in [6.45, 7) is 5.10. The van der Waals surface area contributed by atoms with Crippen LogP contribution in [0.25, 0.3) is 0 Å². The number of hydrogen-bond acceptors (Lipinski definition) is 3. The van der Waals surface area contributed by atoms with Crippen LogP contribution in [0.15, 0.2) is 29.2 Å². The lowest BCUT2D eigenvalue weighted by Gasteiger charge is -2.18. The molecule has 0 amide bonds. The van der Waals surface area contributed by atoms with Crippen LogP contribution in [0, 0.1) is 5.21 Å². The molecule has 0 fully saturated rings. The zero-order chi connectivity index (χ0) is 13.3. The van der Waals surface area contributed by atoms with Crippen LogP contribution in [0.1, 0.15) is 26.3 Å². The van der Waals surface area contributed by atoms with Crippen molar-refractivity contribution in [2.45, 2.75) is 31.2 Å². The van der Waals surface area contributed by atoms with Gasteiger partial charge in [0.2, 0.25) is 0 Å². The highest BCUT2D eigenvalue weighted by Crippen LogP contribution is 2.14. The van der Waals surface area contributed by atoms with E-state index in [0.29, 0.717) is 4.74 Å². The fourth-order valence-corrected chi connectivity index (χ4v) is 1.81. The Morgan fingerprint density at radius 1 is 1.29 bits per heavy atom. The van der Waals surface area contributed by atoms with Gasteiger partial charge in [-0.05, 0) is 12.1 Å². The van der Waals surface area contributed by atoms with Gasteiger partial charge in [-0.15, -0.1) is 0 Å². The maximum absolute atomic E-state index is 11.7. The molecular weight excluding hydrogens is 242 g/mol. The molecule has 5 nitrogen and oxygen atoms in total. The molecule has 0 spiro atoms. The lowest BCUT2D eigenvalue weighted by Crippen LogP contribution is -2.29. The van der Waals surface area contributed by atoms with Gasteiger partial charge in [-0.25, -0.2) is 4.74 Å². The molecule has 94 valence electrons. The fourth-order valence-electron chi connectivity index (χ4n) is 1.14. The van der Waals surface area contributed by atoms with Gasteiger partial charge in [0.15, 0.2) is 11.8 Å². The van der Waals surface area contributed by atoms with Gasteiger partial charge in [-0.2, -0.15) is 8.42 Å². The zero-order valence-corrected chi connectivity index (χ0v) is 10.7. The zero-order valence-electron chi connectivity index (χ0n) is 9.91. The minimum atomic E-state index is -4.32. The van der Waals surface area contributed by atoms with Crippen molar-refractivity contribution in [3.63, 3.8) is 0 Å². The average molecular weight is 257 g/mol. The van der Waals surface area contributed by atoms with Gasteiger partial charge in [-0.1, -0.05) is 12.1 Å². The van der Waals surface area contributed by atoms with Crippen molar-refractivity contribution in [3.8, 4) is 0 Å². The lowest BCUT2D eigenvalue weighted by atomic mass is 10.1. The predicted molar refractivity (Wildman–Crippen MR) is 64.8 cm³/mol. The number of hydrogen-bond donors (Lipinski definition) is 1. The fraction of sp³-hybridized carbons (Fsp3) is 0.364. The first-order valence-corrected chi connectivity index (χ1v) is 6.44. The predicted octanol–water partition coefficient (Wildman–Crippen LogP) is 1.66. The number of benzene rings is 1. The summed E-state index contributed by atoms with van der Waals surface area (Å²) in [4.78, 5) is -0.273. The Bertz CT molecular complexity index is 541. The molecule has 1 aromatic carbocycles. The highest BCUT2D eigenvalue weighted by Gasteiger charge is 2.21. The first-order chi connectivity index (χ1) is 7.62. The smallest absolute Gasteiger partial charge is 0.295 e. The molecule has 1 aromatic rings. The summed E-state index contributed by atoms with van der Waals surface area (Å²) in [6.07, 6.45) is 1.16. The second kappa shape index (κ2) is 4.46. The summed E-state index contributed by atoms with van der Waals surface area (Å²) in [5.74, 6) is 0. The van der Waals surface area contributed by atoms with Gasteiger partial charge in [0, 0.05) is 20.8 Å². The molecule has 0 unspecified atom stereocenters. The van der Waals surface area contributed by atoms with Crippen LogP contribution in [0.2, 0.25) is 0 Å². The Morgan fingerprint density at radius 3 is 2.29 bits per heavy atom. The van der Waals surface area contributed by atoms with Crippen LogP contribution < -0.4 is 0 Å². The molecule has 6 heteroatoms. The monoisotopic (exact) mass is 257 g/mol. The Labute approximate surface area is 101 Å². The van der Waals surface area contributed by atoms with E-state index in [-0.39, 0.29) is 10.5 Å². The van der Waals surface area contributed by atoms with Gasteiger partial charge < -0.3 is 5.21 Å². The molecule has 17 heavy (non-hydrogen) atoms. The van der Waals surface area contributed by atoms with Crippen molar-refractivity contribution in [3.05, 3.63) is 35.0 Å². The summed E-state index contributed by atoms with van der Waals surface area (Å²) in [6, 6.07) is 5.78. The molecule has 0 saturated heterocycles. The molecular formula is C11H15NO4S. The third-order valence-electron chi connectivity index (χ3n) is 2.11. The molecule has 0 aromatic heterocycles. The van der Waals surface area contributed by atoms with Crippen molar-refractivity contribution in [1.82, 2.24) is 0 Å². The Kier molecular flexibility index (Phi) is 3.59. The second-order valence-electron chi connectivity index (χ2n) is 4.64. The number of rotatable bonds is 2. The molecule has 0 aliphatic carbocycles. The normalized spacial score (nSPS) is 13.8. The SMILES string of the molecule is CC(C)(C)[N+]([O-])=Cc1ccccc1S(=O)(=O)O. The molecule has 0 radical (unpaired) electrons. The van der Waals surface area contributed by atoms with Crippen molar-refractivity contribution in [2.24, 2.45) is 0 Å². The highest BCUT2D eigenvalue weighted by molar-refractivity contribution is 7.86. The average Bonchev–Trinajstić information content (AvgIpc) is 2.15. The maximum atomic E-state index is 11.7. The van der Waals surface area contributed by atoms with Crippen LogP contribution in [-0.2, 0) is 10.1 Å². The van der Waals surface area contributed by atoms with Gasteiger partial charge in [0.05, 0.1) is 5.56 Å². The summed E-state index contributed by atoms with van der Waals surface area (Å²) in [5.41, 5.74) is -0.508. The Morgan fingerprint density at radius 2 is 1.82 bits per heavy atom. The number of hydroxylamine groups is 1. The molecule has 0 saturated carbocycles. The van der Waals surface area contributed by atoms with Gasteiger partial charge in [0.25, 0.3) is 10.1 Å². The van der Waals surface area contributed by atoms with E-state index in [1.165, 1.54) is 18.2 Å². The molecule has 0 heterocycles. The standard InChI is InChI=1S/C11H15NO4S/c1-11(2,3)12(13)8-9-6-4-5-7-10(9)17(14,15)16/h4-8H,1-3H3,(H,14,15,16). The minimum absolute atomic E-state index is 0.167. The third-order valence-corrected chi connectivity index (χ3v) is 3.04. The van der Waals surface area contributed by atoms with E-state index in [1.54, 1.807) is 26.8 Å². The van der Waals surface area contributed by atoms with Gasteiger partial charge in [0.1, 0.15) is 4.90 Å². The molecule has 0 bridgehead atoms. The Hall–Kier alpha value is -1.40. The van der Waals surface area contributed by atoms with Crippen LogP contribution in [-0.4, -0.2) is 29.5 Å². The van der Waals surface area contributed by atoms with Crippen molar-refractivity contribution in [2.75, 3.05) is 0 Å². The topological polar surface area (TPSA) is 80.4 Å². The Balaban J connectivity index is 3.35. The number of nitrogens with zero attached hydrogens (tertiary/aromatic N) is 1. The first kappa shape index (κ1) is 13.7. The summed E-state index contributed by atoms with van der Waals surface area (Å²) in [5, 5.41) is 11.7. The lowest BCUT2D eigenvalue weighted by molar-refractivity contribution is -0.530. The summed E-state index contributed by atoms with van der Waals surface area (Å²) >= 11 is 0. The highest BCUT2D eigenvalue weighted by atomic mass is 32.2. The van der Waals surface area contributed by atoms with E-state index in [9.17, 15) is 13.6 Å². The third kappa shape index (κ3) is 3.54. The van der Waals surface area contributed by atoms with Crippen LogP contribution in [0.5, 0.6) is 0 Å².